The number of carbonyl (C=O) groups excluding carboxylic acids is 3. The van der Waals surface area contributed by atoms with Gasteiger partial charge in [0, 0.05) is 38.1 Å². The Labute approximate surface area is 156 Å². The zero-order chi connectivity index (χ0) is 19.9. The molecule has 1 rings (SSSR count). The van der Waals surface area contributed by atoms with Crippen molar-refractivity contribution in [3.05, 3.63) is 12.7 Å². The van der Waals surface area contributed by atoms with Crippen LogP contribution in [-0.4, -0.2) is 65.5 Å². The molecule has 0 radical (unpaired) electrons. The second-order valence-corrected chi connectivity index (χ2v) is 7.86. The molecule has 0 aromatic heterocycles. The molecule has 1 aliphatic rings. The lowest BCUT2D eigenvalue weighted by molar-refractivity contribution is -0.140. The lowest BCUT2D eigenvalue weighted by atomic mass is 9.94. The summed E-state index contributed by atoms with van der Waals surface area (Å²) in [4.78, 5) is 39.7. The standard InChI is InChI=1S/C19H33N3O4/c1-7-16(23)21-11-8-15(9-12-21)17(24)22(14(2)3)13-10-20-18(25)26-19(4,5)6/h7,14-15H,1,8-13H2,2-6H3,(H,20,25). The number of nitrogens with zero attached hydrogens (tertiary/aromatic N) is 2. The van der Waals surface area contributed by atoms with Crippen molar-refractivity contribution in [1.82, 2.24) is 15.1 Å². The Kier molecular flexibility index (Phi) is 8.11. The molecule has 0 aromatic rings. The molecule has 0 aliphatic carbocycles. The van der Waals surface area contributed by atoms with Crippen molar-refractivity contribution in [1.29, 1.82) is 0 Å². The molecule has 0 aromatic carbocycles. The van der Waals surface area contributed by atoms with Crippen molar-refractivity contribution in [3.63, 3.8) is 0 Å². The van der Waals surface area contributed by atoms with Crippen LogP contribution in [0, 0.1) is 5.92 Å². The Morgan fingerprint density at radius 1 is 1.27 bits per heavy atom. The van der Waals surface area contributed by atoms with Gasteiger partial charge in [-0.3, -0.25) is 9.59 Å². The van der Waals surface area contributed by atoms with Gasteiger partial charge in [-0.2, -0.15) is 0 Å². The van der Waals surface area contributed by atoms with Crippen LogP contribution in [0.2, 0.25) is 0 Å². The summed E-state index contributed by atoms with van der Waals surface area (Å²) in [5, 5.41) is 2.69. The molecule has 0 bridgehead atoms. The van der Waals surface area contributed by atoms with E-state index in [4.69, 9.17) is 4.74 Å². The van der Waals surface area contributed by atoms with E-state index in [2.05, 4.69) is 11.9 Å². The van der Waals surface area contributed by atoms with Crippen molar-refractivity contribution in [3.8, 4) is 0 Å². The lowest BCUT2D eigenvalue weighted by Crippen LogP contribution is -2.48. The maximum atomic E-state index is 12.8. The first kappa shape index (κ1) is 22.0. The predicted molar refractivity (Wildman–Crippen MR) is 101 cm³/mol. The Hall–Kier alpha value is -2.05. The highest BCUT2D eigenvalue weighted by atomic mass is 16.6. The van der Waals surface area contributed by atoms with Gasteiger partial charge in [0.25, 0.3) is 0 Å². The number of alkyl carbamates (subject to hydrolysis) is 1. The third kappa shape index (κ3) is 7.06. The van der Waals surface area contributed by atoms with E-state index in [9.17, 15) is 14.4 Å². The SMILES string of the molecule is C=CC(=O)N1CCC(C(=O)N(CCNC(=O)OC(C)(C)C)C(C)C)CC1. The normalized spacial score (nSPS) is 15.5. The molecule has 1 heterocycles. The van der Waals surface area contributed by atoms with Gasteiger partial charge in [-0.05, 0) is 53.5 Å². The number of likely N-dealkylation sites (tertiary alicyclic amines) is 1. The Bertz CT molecular complexity index is 517. The average molecular weight is 367 g/mol. The van der Waals surface area contributed by atoms with Gasteiger partial charge in [-0.25, -0.2) is 4.79 Å². The third-order valence-corrected chi connectivity index (χ3v) is 4.26. The Morgan fingerprint density at radius 3 is 2.31 bits per heavy atom. The van der Waals surface area contributed by atoms with Crippen molar-refractivity contribution >= 4 is 17.9 Å². The number of rotatable bonds is 6. The monoisotopic (exact) mass is 367 g/mol. The topological polar surface area (TPSA) is 79.0 Å². The molecule has 3 amide bonds. The summed E-state index contributed by atoms with van der Waals surface area (Å²) < 4.78 is 5.20. The molecule has 0 atom stereocenters. The largest absolute Gasteiger partial charge is 0.444 e. The predicted octanol–water partition coefficient (Wildman–Crippen LogP) is 2.17. The zero-order valence-electron chi connectivity index (χ0n) is 16.7. The van der Waals surface area contributed by atoms with Crippen LogP contribution < -0.4 is 5.32 Å². The molecular weight excluding hydrogens is 334 g/mol. The number of ether oxygens (including phenoxy) is 1. The minimum atomic E-state index is -0.547. The van der Waals surface area contributed by atoms with Gasteiger partial charge in [0.05, 0.1) is 0 Å². The summed E-state index contributed by atoms with van der Waals surface area (Å²) in [6.45, 7) is 14.8. The Morgan fingerprint density at radius 2 is 1.85 bits per heavy atom. The number of hydrogen-bond donors (Lipinski definition) is 1. The van der Waals surface area contributed by atoms with Crippen molar-refractivity contribution in [2.75, 3.05) is 26.2 Å². The maximum absolute atomic E-state index is 12.8. The van der Waals surface area contributed by atoms with Crippen LogP contribution in [0.5, 0.6) is 0 Å². The zero-order valence-corrected chi connectivity index (χ0v) is 16.7. The molecule has 7 nitrogen and oxygen atoms in total. The van der Waals surface area contributed by atoms with E-state index in [-0.39, 0.29) is 23.8 Å². The van der Waals surface area contributed by atoms with Gasteiger partial charge in [-0.1, -0.05) is 6.58 Å². The molecule has 1 aliphatic heterocycles. The number of piperidine rings is 1. The summed E-state index contributed by atoms with van der Waals surface area (Å²) >= 11 is 0. The molecule has 7 heteroatoms. The molecule has 0 spiro atoms. The highest BCUT2D eigenvalue weighted by molar-refractivity contribution is 5.87. The fourth-order valence-electron chi connectivity index (χ4n) is 2.93. The van der Waals surface area contributed by atoms with Gasteiger partial charge >= 0.3 is 6.09 Å². The average Bonchev–Trinajstić information content (AvgIpc) is 2.55. The van der Waals surface area contributed by atoms with Gasteiger partial charge in [0.15, 0.2) is 0 Å². The second-order valence-electron chi connectivity index (χ2n) is 7.86. The van der Waals surface area contributed by atoms with Gasteiger partial charge in [0.1, 0.15) is 5.60 Å². The molecular formula is C19H33N3O4. The van der Waals surface area contributed by atoms with Crippen molar-refractivity contribution in [2.24, 2.45) is 5.92 Å². The minimum Gasteiger partial charge on any atom is -0.444 e. The summed E-state index contributed by atoms with van der Waals surface area (Å²) in [6, 6.07) is 0.0378. The molecule has 148 valence electrons. The highest BCUT2D eigenvalue weighted by Gasteiger charge is 2.30. The van der Waals surface area contributed by atoms with E-state index in [0.717, 1.165) is 0 Å². The smallest absolute Gasteiger partial charge is 0.407 e. The van der Waals surface area contributed by atoms with E-state index in [0.29, 0.717) is 39.0 Å². The van der Waals surface area contributed by atoms with Crippen LogP contribution in [0.1, 0.15) is 47.5 Å². The molecule has 26 heavy (non-hydrogen) atoms. The van der Waals surface area contributed by atoms with E-state index >= 15 is 0 Å². The van der Waals surface area contributed by atoms with Crippen molar-refractivity contribution in [2.45, 2.75) is 59.1 Å². The molecule has 1 N–H and O–H groups in total. The summed E-state index contributed by atoms with van der Waals surface area (Å²) in [7, 11) is 0. The van der Waals surface area contributed by atoms with Crippen LogP contribution in [-0.2, 0) is 14.3 Å². The fraction of sp³-hybridized carbons (Fsp3) is 0.737. The number of carbonyl (C=O) groups is 3. The first-order valence-corrected chi connectivity index (χ1v) is 9.24. The molecule has 0 unspecified atom stereocenters. The first-order valence-electron chi connectivity index (χ1n) is 9.24. The van der Waals surface area contributed by atoms with E-state index in [1.165, 1.54) is 6.08 Å². The van der Waals surface area contributed by atoms with Crippen LogP contribution >= 0.6 is 0 Å². The molecule has 0 saturated carbocycles. The summed E-state index contributed by atoms with van der Waals surface area (Å²) in [5.41, 5.74) is -0.547. The maximum Gasteiger partial charge on any atom is 0.407 e. The van der Waals surface area contributed by atoms with Crippen LogP contribution in [0.15, 0.2) is 12.7 Å². The van der Waals surface area contributed by atoms with E-state index < -0.39 is 11.7 Å². The number of hydrogen-bond acceptors (Lipinski definition) is 4. The van der Waals surface area contributed by atoms with E-state index in [1.807, 2.05) is 13.8 Å². The quantitative estimate of drug-likeness (QED) is 0.730. The van der Waals surface area contributed by atoms with E-state index in [1.54, 1.807) is 30.6 Å². The third-order valence-electron chi connectivity index (χ3n) is 4.26. The van der Waals surface area contributed by atoms with Gasteiger partial charge in [-0.15, -0.1) is 0 Å². The number of nitrogens with one attached hydrogen (secondary N) is 1. The summed E-state index contributed by atoms with van der Waals surface area (Å²) in [5.74, 6) is -0.0948. The fourth-order valence-corrected chi connectivity index (χ4v) is 2.93. The molecule has 1 saturated heterocycles. The van der Waals surface area contributed by atoms with Gasteiger partial charge in [0.2, 0.25) is 11.8 Å². The minimum absolute atomic E-state index is 0.0378. The van der Waals surface area contributed by atoms with Gasteiger partial charge < -0.3 is 19.9 Å². The molecule has 1 fully saturated rings. The number of amides is 3. The highest BCUT2D eigenvalue weighted by Crippen LogP contribution is 2.21. The van der Waals surface area contributed by atoms with Crippen molar-refractivity contribution < 1.29 is 19.1 Å². The van der Waals surface area contributed by atoms with Crippen LogP contribution in [0.3, 0.4) is 0 Å². The summed E-state index contributed by atoms with van der Waals surface area (Å²) in [6.07, 6.45) is 2.14. The Balaban J connectivity index is 2.51. The first-order chi connectivity index (χ1) is 12.0. The van der Waals surface area contributed by atoms with Crippen LogP contribution in [0.4, 0.5) is 4.79 Å². The second kappa shape index (κ2) is 9.59. The lowest BCUT2D eigenvalue weighted by Gasteiger charge is -2.35. The van der Waals surface area contributed by atoms with Crippen LogP contribution in [0.25, 0.3) is 0 Å².